The molecule has 4 aromatic rings. The predicted molar refractivity (Wildman–Crippen MR) is 167 cm³/mol. The molecular formula is C33H26ClN3O8. The summed E-state index contributed by atoms with van der Waals surface area (Å²) in [7, 11) is 0. The first-order valence-electron chi connectivity index (χ1n) is 13.4. The van der Waals surface area contributed by atoms with Crippen molar-refractivity contribution in [3.8, 4) is 28.7 Å². The molecule has 0 saturated heterocycles. The summed E-state index contributed by atoms with van der Waals surface area (Å²) in [4.78, 5) is 47.8. The summed E-state index contributed by atoms with van der Waals surface area (Å²) in [5, 5.41) is 35.4. The molecule has 0 atom stereocenters. The normalized spacial score (nSPS) is 10.5. The lowest BCUT2D eigenvalue weighted by Gasteiger charge is -2.19. The molecule has 45 heavy (non-hydrogen) atoms. The number of nitrogens with zero attached hydrogens (tertiary/aromatic N) is 1. The largest absolute Gasteiger partial charge is 0.478 e. The molecule has 0 heterocycles. The van der Waals surface area contributed by atoms with Crippen LogP contribution in [0.4, 0.5) is 9.59 Å². The number of benzene rings is 4. The molecule has 12 heteroatoms. The number of carbonyl (C=O) groups excluding carboxylic acids is 2. The van der Waals surface area contributed by atoms with E-state index in [2.05, 4.69) is 29.9 Å². The van der Waals surface area contributed by atoms with Crippen LogP contribution in [0.1, 0.15) is 18.4 Å². The van der Waals surface area contributed by atoms with Crippen molar-refractivity contribution in [1.82, 2.24) is 10.6 Å². The molecule has 2 amide bonds. The Labute approximate surface area is 261 Å². The lowest BCUT2D eigenvalue weighted by atomic mass is 9.91. The second kappa shape index (κ2) is 14.1. The van der Waals surface area contributed by atoms with Gasteiger partial charge in [-0.05, 0) is 70.8 Å². The van der Waals surface area contributed by atoms with Crippen LogP contribution in [-0.2, 0) is 9.59 Å². The molecule has 4 rings (SSSR count). The summed E-state index contributed by atoms with van der Waals surface area (Å²) in [6.45, 7) is 6.79. The van der Waals surface area contributed by atoms with Gasteiger partial charge in [-0.15, -0.1) is 0 Å². The smallest absolute Gasteiger partial charge is 0.412 e. The Morgan fingerprint density at radius 3 is 1.67 bits per heavy atom. The second-order valence-electron chi connectivity index (χ2n) is 9.74. The van der Waals surface area contributed by atoms with Gasteiger partial charge in [-0.2, -0.15) is 5.26 Å². The quantitative estimate of drug-likeness (QED) is 0.137. The third-order valence-corrected chi connectivity index (χ3v) is 6.94. The minimum atomic E-state index is -1.18. The van der Waals surface area contributed by atoms with E-state index >= 15 is 0 Å². The average Bonchev–Trinajstić information content (AvgIpc) is 3.00. The number of ether oxygens (including phenoxy) is 2. The highest BCUT2D eigenvalue weighted by molar-refractivity contribution is 6.31. The number of carboxylic acids is 2. The van der Waals surface area contributed by atoms with Crippen LogP contribution in [0.25, 0.3) is 32.7 Å². The average molecular weight is 628 g/mol. The Kier molecular flexibility index (Phi) is 10.0. The van der Waals surface area contributed by atoms with Crippen LogP contribution >= 0.6 is 11.6 Å². The van der Waals surface area contributed by atoms with Crippen LogP contribution in [0.3, 0.4) is 0 Å². The van der Waals surface area contributed by atoms with E-state index in [-0.39, 0.29) is 48.6 Å². The van der Waals surface area contributed by atoms with Crippen LogP contribution in [0.2, 0.25) is 5.02 Å². The van der Waals surface area contributed by atoms with Gasteiger partial charge in [0.15, 0.2) is 0 Å². The molecule has 0 aliphatic carbocycles. The Hall–Kier alpha value is -5.86. The molecule has 11 nitrogen and oxygen atoms in total. The molecule has 0 fully saturated rings. The molecule has 0 spiro atoms. The van der Waals surface area contributed by atoms with Crippen LogP contribution in [-0.4, -0.2) is 47.4 Å². The van der Waals surface area contributed by atoms with Gasteiger partial charge in [0, 0.05) is 40.4 Å². The number of nitriles is 1. The molecule has 0 aliphatic rings. The van der Waals surface area contributed by atoms with Crippen molar-refractivity contribution in [2.75, 3.05) is 13.1 Å². The number of nitrogens with one attached hydrogen (secondary N) is 2. The maximum Gasteiger partial charge on any atom is 0.412 e. The first-order valence-corrected chi connectivity index (χ1v) is 13.8. The predicted octanol–water partition coefficient (Wildman–Crippen LogP) is 6.42. The van der Waals surface area contributed by atoms with E-state index in [0.29, 0.717) is 43.3 Å². The minimum absolute atomic E-state index is 0.00896. The van der Waals surface area contributed by atoms with Crippen molar-refractivity contribution in [2.24, 2.45) is 0 Å². The monoisotopic (exact) mass is 627 g/mol. The van der Waals surface area contributed by atoms with Crippen LogP contribution < -0.4 is 20.1 Å². The van der Waals surface area contributed by atoms with Gasteiger partial charge in [0.25, 0.3) is 0 Å². The minimum Gasteiger partial charge on any atom is -0.478 e. The summed E-state index contributed by atoms with van der Waals surface area (Å²) in [5.41, 5.74) is 0.945. The van der Waals surface area contributed by atoms with Gasteiger partial charge in [-0.1, -0.05) is 49.0 Å². The Bertz CT molecular complexity index is 1930. The number of amides is 2. The van der Waals surface area contributed by atoms with E-state index in [9.17, 15) is 24.4 Å². The fourth-order valence-corrected chi connectivity index (χ4v) is 4.64. The van der Waals surface area contributed by atoms with Gasteiger partial charge in [-0.3, -0.25) is 0 Å². The summed E-state index contributed by atoms with van der Waals surface area (Å²) in [6.07, 6.45) is -1.76. The van der Waals surface area contributed by atoms with Gasteiger partial charge >= 0.3 is 24.1 Å². The Morgan fingerprint density at radius 1 is 0.733 bits per heavy atom. The highest BCUT2D eigenvalue weighted by Crippen LogP contribution is 2.46. The van der Waals surface area contributed by atoms with Gasteiger partial charge < -0.3 is 30.3 Å². The van der Waals surface area contributed by atoms with Crippen molar-refractivity contribution in [3.05, 3.63) is 95.6 Å². The summed E-state index contributed by atoms with van der Waals surface area (Å²) < 4.78 is 11.4. The fraction of sp³-hybridized carbons (Fsp3) is 0.121. The highest BCUT2D eigenvalue weighted by atomic mass is 35.5. The summed E-state index contributed by atoms with van der Waals surface area (Å²) in [6, 6.07) is 18.6. The van der Waals surface area contributed by atoms with Gasteiger partial charge in [-0.25, -0.2) is 19.2 Å². The number of hydrogen-bond donors (Lipinski definition) is 4. The Morgan fingerprint density at radius 2 is 1.20 bits per heavy atom. The first-order chi connectivity index (χ1) is 21.5. The Balaban J connectivity index is 1.82. The molecule has 4 aromatic carbocycles. The molecule has 0 saturated carbocycles. The van der Waals surface area contributed by atoms with Gasteiger partial charge in [0.05, 0.1) is 11.6 Å². The van der Waals surface area contributed by atoms with E-state index < -0.39 is 24.1 Å². The van der Waals surface area contributed by atoms with Crippen LogP contribution in [0, 0.1) is 11.3 Å². The van der Waals surface area contributed by atoms with Crippen molar-refractivity contribution in [2.45, 2.75) is 12.8 Å². The van der Waals surface area contributed by atoms with Crippen molar-refractivity contribution in [1.29, 1.82) is 5.26 Å². The number of rotatable bonds is 11. The second-order valence-corrected chi connectivity index (χ2v) is 10.2. The van der Waals surface area contributed by atoms with Crippen molar-refractivity contribution >= 4 is 57.3 Å². The molecule has 0 radical (unpaired) electrons. The van der Waals surface area contributed by atoms with E-state index in [0.717, 1.165) is 0 Å². The standard InChI is InChI=1S/C33H26ClN3O8/c1-18(30(38)39)11-13-36-32(42)44-26-9-4-21-15-20(17-35)3-7-24(21)28(26)29-25-8-6-23(34)16-22(25)5-10-27(29)45-33(43)37-14-12-19(2)31(40)41/h3-10,15-16H,1-2,11-14H2,(H,36,42)(H,37,43)(H,38,39)(H,40,41). The number of hydrogen-bond acceptors (Lipinski definition) is 7. The lowest BCUT2D eigenvalue weighted by molar-refractivity contribution is -0.133. The van der Waals surface area contributed by atoms with Crippen molar-refractivity contribution in [3.63, 3.8) is 0 Å². The SMILES string of the molecule is C=C(CCNC(=O)Oc1ccc2cc(Cl)ccc2c1-c1c(OC(=O)NCCC(=C)C(=O)O)ccc2cc(C#N)ccc12)C(=O)O. The molecule has 0 aliphatic heterocycles. The number of carboxylic acid groups (broad SMARTS) is 2. The summed E-state index contributed by atoms with van der Waals surface area (Å²) >= 11 is 6.27. The number of halogens is 1. The topological polar surface area (TPSA) is 175 Å². The van der Waals surface area contributed by atoms with Crippen LogP contribution in [0.15, 0.2) is 85.0 Å². The summed E-state index contributed by atoms with van der Waals surface area (Å²) in [5.74, 6) is -2.20. The third-order valence-electron chi connectivity index (χ3n) is 6.71. The number of aliphatic carboxylic acids is 2. The van der Waals surface area contributed by atoms with Gasteiger partial charge in [0.2, 0.25) is 0 Å². The van der Waals surface area contributed by atoms with E-state index in [1.54, 1.807) is 54.6 Å². The number of fused-ring (bicyclic) bond motifs is 2. The molecule has 0 aromatic heterocycles. The number of carbonyl (C=O) groups is 4. The van der Waals surface area contributed by atoms with E-state index in [1.807, 2.05) is 0 Å². The molecule has 4 N–H and O–H groups in total. The van der Waals surface area contributed by atoms with E-state index in [4.69, 9.17) is 31.3 Å². The maximum absolute atomic E-state index is 12.9. The third kappa shape index (κ3) is 7.76. The zero-order chi connectivity index (χ0) is 32.7. The lowest BCUT2D eigenvalue weighted by Crippen LogP contribution is -2.29. The van der Waals surface area contributed by atoms with E-state index in [1.165, 1.54) is 6.07 Å². The molecule has 0 unspecified atom stereocenters. The molecular weight excluding hydrogens is 602 g/mol. The zero-order valence-electron chi connectivity index (χ0n) is 23.7. The zero-order valence-corrected chi connectivity index (χ0v) is 24.4. The first kappa shape index (κ1) is 32.1. The van der Waals surface area contributed by atoms with Crippen molar-refractivity contribution < 1.29 is 38.9 Å². The highest BCUT2D eigenvalue weighted by Gasteiger charge is 2.22. The molecule has 228 valence electrons. The van der Waals surface area contributed by atoms with Crippen LogP contribution in [0.5, 0.6) is 11.5 Å². The maximum atomic E-state index is 12.9. The van der Waals surface area contributed by atoms with Gasteiger partial charge in [0.1, 0.15) is 11.5 Å². The fourth-order valence-electron chi connectivity index (χ4n) is 4.46. The molecule has 0 bridgehead atoms.